The van der Waals surface area contributed by atoms with Crippen LogP contribution in [0.5, 0.6) is 5.75 Å². The number of carbonyl (C=O) groups is 1. The van der Waals surface area contributed by atoms with Crippen LogP contribution >= 0.6 is 0 Å². The van der Waals surface area contributed by atoms with Gasteiger partial charge in [-0.15, -0.1) is 0 Å². The molecule has 0 aliphatic carbocycles. The average Bonchev–Trinajstić information content (AvgIpc) is 2.23. The molecule has 0 amide bonds. The molecular formula is C11H12F3NO6S. The molecule has 22 heavy (non-hydrogen) atoms. The molecule has 0 saturated carbocycles. The molecule has 124 valence electrons. The highest BCUT2D eigenvalue weighted by Crippen LogP contribution is 2.26. The third kappa shape index (κ3) is 5.06. The van der Waals surface area contributed by atoms with E-state index in [1.807, 2.05) is 0 Å². The summed E-state index contributed by atoms with van der Waals surface area (Å²) in [6, 6.07) is 1.31. The van der Waals surface area contributed by atoms with E-state index in [2.05, 4.69) is 9.17 Å². The van der Waals surface area contributed by atoms with Crippen molar-refractivity contribution in [2.24, 2.45) is 0 Å². The molecule has 1 aromatic heterocycles. The minimum absolute atomic E-state index is 0.148. The SMILES string of the molecule is CC(C)OC(=O)Cc1cc(OS(=O)(=O)C(F)(F)F)cc(=O)[nH]1. The summed E-state index contributed by atoms with van der Waals surface area (Å²) in [5.41, 5.74) is -6.71. The number of pyridine rings is 1. The van der Waals surface area contributed by atoms with E-state index in [1.165, 1.54) is 0 Å². The molecule has 0 aliphatic rings. The van der Waals surface area contributed by atoms with Gasteiger partial charge in [-0.25, -0.2) is 0 Å². The maximum atomic E-state index is 12.2. The summed E-state index contributed by atoms with van der Waals surface area (Å²) in [6.07, 6.45) is -0.888. The highest BCUT2D eigenvalue weighted by Gasteiger charge is 2.48. The second-order valence-corrected chi connectivity index (χ2v) is 5.94. The molecule has 1 aromatic rings. The van der Waals surface area contributed by atoms with Gasteiger partial charge in [-0.1, -0.05) is 0 Å². The molecule has 0 unspecified atom stereocenters. The van der Waals surface area contributed by atoms with Crippen LogP contribution in [0.3, 0.4) is 0 Å². The Morgan fingerprint density at radius 2 is 1.91 bits per heavy atom. The number of carbonyl (C=O) groups excluding carboxylic acids is 1. The molecule has 7 nitrogen and oxygen atoms in total. The number of alkyl halides is 3. The molecule has 0 bridgehead atoms. The van der Waals surface area contributed by atoms with E-state index in [0.717, 1.165) is 6.07 Å². The molecule has 11 heteroatoms. The summed E-state index contributed by atoms with van der Waals surface area (Å²) in [4.78, 5) is 24.9. The van der Waals surface area contributed by atoms with Gasteiger partial charge < -0.3 is 13.9 Å². The van der Waals surface area contributed by atoms with E-state index < -0.39 is 45.4 Å². The van der Waals surface area contributed by atoms with Crippen molar-refractivity contribution in [2.75, 3.05) is 0 Å². The Hall–Kier alpha value is -2.04. The Balaban J connectivity index is 3.01. The fraction of sp³-hybridized carbons (Fsp3) is 0.455. The van der Waals surface area contributed by atoms with Gasteiger partial charge in [0, 0.05) is 17.8 Å². The predicted octanol–water partition coefficient (Wildman–Crippen LogP) is 1.10. The van der Waals surface area contributed by atoms with Crippen molar-refractivity contribution < 1.29 is 35.3 Å². The van der Waals surface area contributed by atoms with E-state index >= 15 is 0 Å². The zero-order chi connectivity index (χ0) is 17.1. The molecule has 1 heterocycles. The van der Waals surface area contributed by atoms with Crippen LogP contribution in [-0.4, -0.2) is 31.0 Å². The lowest BCUT2D eigenvalue weighted by molar-refractivity contribution is -0.146. The second kappa shape index (κ2) is 6.38. The number of nitrogens with one attached hydrogen (secondary N) is 1. The molecule has 1 rings (SSSR count). The first kappa shape index (κ1) is 18.0. The molecule has 0 fully saturated rings. The van der Waals surface area contributed by atoms with Gasteiger partial charge in [0.15, 0.2) is 0 Å². The normalized spacial score (nSPS) is 12.3. The monoisotopic (exact) mass is 343 g/mol. The van der Waals surface area contributed by atoms with Gasteiger partial charge in [0.05, 0.1) is 12.5 Å². The Bertz CT molecular complexity index is 707. The van der Waals surface area contributed by atoms with E-state index in [0.29, 0.717) is 6.07 Å². The zero-order valence-corrected chi connectivity index (χ0v) is 12.2. The number of hydrogen-bond acceptors (Lipinski definition) is 6. The number of ether oxygens (including phenoxy) is 1. The van der Waals surface area contributed by atoms with Crippen molar-refractivity contribution in [2.45, 2.75) is 31.9 Å². The Kier molecular flexibility index (Phi) is 5.22. The van der Waals surface area contributed by atoms with Crippen molar-refractivity contribution in [3.8, 4) is 5.75 Å². The van der Waals surface area contributed by atoms with E-state index in [-0.39, 0.29) is 5.69 Å². The maximum absolute atomic E-state index is 12.2. The van der Waals surface area contributed by atoms with E-state index in [9.17, 15) is 31.2 Å². The average molecular weight is 343 g/mol. The topological polar surface area (TPSA) is 103 Å². The van der Waals surface area contributed by atoms with Crippen LogP contribution < -0.4 is 9.74 Å². The zero-order valence-electron chi connectivity index (χ0n) is 11.4. The maximum Gasteiger partial charge on any atom is 0.534 e. The summed E-state index contributed by atoms with van der Waals surface area (Å²) >= 11 is 0. The van der Waals surface area contributed by atoms with Gasteiger partial charge in [-0.05, 0) is 13.8 Å². The third-order valence-corrected chi connectivity index (χ3v) is 3.04. The minimum Gasteiger partial charge on any atom is -0.463 e. The highest BCUT2D eigenvalue weighted by atomic mass is 32.2. The van der Waals surface area contributed by atoms with Crippen LogP contribution in [0.4, 0.5) is 13.2 Å². The van der Waals surface area contributed by atoms with Gasteiger partial charge in [-0.2, -0.15) is 21.6 Å². The van der Waals surface area contributed by atoms with E-state index in [4.69, 9.17) is 4.74 Å². The fourth-order valence-corrected chi connectivity index (χ4v) is 1.79. The quantitative estimate of drug-likeness (QED) is 0.488. The molecule has 0 spiro atoms. The first-order valence-corrected chi connectivity index (χ1v) is 7.25. The minimum atomic E-state index is -5.90. The molecule has 0 radical (unpaired) electrons. The predicted molar refractivity (Wildman–Crippen MR) is 67.6 cm³/mol. The van der Waals surface area contributed by atoms with Crippen LogP contribution in [-0.2, 0) is 26.1 Å². The van der Waals surface area contributed by atoms with Gasteiger partial charge in [0.2, 0.25) is 0 Å². The number of rotatable bonds is 5. The summed E-state index contributed by atoms with van der Waals surface area (Å²) in [5.74, 6) is -1.60. The lowest BCUT2D eigenvalue weighted by atomic mass is 10.2. The van der Waals surface area contributed by atoms with Gasteiger partial charge in [-0.3, -0.25) is 9.59 Å². The Labute approximate surface area is 123 Å². The molecular weight excluding hydrogens is 331 g/mol. The Morgan fingerprint density at radius 1 is 1.32 bits per heavy atom. The number of halogens is 3. The number of H-pyrrole nitrogens is 1. The first-order chi connectivity index (χ1) is 9.90. The van der Waals surface area contributed by atoms with Crippen LogP contribution in [0.2, 0.25) is 0 Å². The van der Waals surface area contributed by atoms with Crippen molar-refractivity contribution in [3.05, 3.63) is 28.2 Å². The number of hydrogen-bond donors (Lipinski definition) is 1. The molecule has 0 aliphatic heterocycles. The summed E-state index contributed by atoms with van der Waals surface area (Å²) in [5, 5.41) is 0. The fourth-order valence-electron chi connectivity index (χ4n) is 1.35. The van der Waals surface area contributed by atoms with E-state index in [1.54, 1.807) is 13.8 Å². The summed E-state index contributed by atoms with van der Waals surface area (Å²) < 4.78 is 66.9. The van der Waals surface area contributed by atoms with Crippen LogP contribution in [0.25, 0.3) is 0 Å². The summed E-state index contributed by atoms with van der Waals surface area (Å²) in [7, 11) is -5.90. The Morgan fingerprint density at radius 3 is 2.41 bits per heavy atom. The second-order valence-electron chi connectivity index (χ2n) is 4.40. The highest BCUT2D eigenvalue weighted by molar-refractivity contribution is 7.87. The summed E-state index contributed by atoms with van der Waals surface area (Å²) in [6.45, 7) is 3.16. The van der Waals surface area contributed by atoms with Crippen LogP contribution in [0.1, 0.15) is 19.5 Å². The number of aromatic nitrogens is 1. The van der Waals surface area contributed by atoms with Crippen molar-refractivity contribution in [1.29, 1.82) is 0 Å². The smallest absolute Gasteiger partial charge is 0.463 e. The first-order valence-electron chi connectivity index (χ1n) is 5.84. The van der Waals surface area contributed by atoms with Gasteiger partial charge in [0.1, 0.15) is 5.75 Å². The number of esters is 1. The third-order valence-electron chi connectivity index (χ3n) is 2.06. The number of aromatic amines is 1. The largest absolute Gasteiger partial charge is 0.534 e. The van der Waals surface area contributed by atoms with Crippen molar-refractivity contribution >= 4 is 16.1 Å². The van der Waals surface area contributed by atoms with Gasteiger partial charge in [0.25, 0.3) is 5.56 Å². The van der Waals surface area contributed by atoms with Crippen molar-refractivity contribution in [3.63, 3.8) is 0 Å². The molecule has 0 atom stereocenters. The lowest BCUT2D eigenvalue weighted by Gasteiger charge is -2.10. The van der Waals surface area contributed by atoms with Crippen LogP contribution in [0, 0.1) is 0 Å². The van der Waals surface area contributed by atoms with Crippen LogP contribution in [0.15, 0.2) is 16.9 Å². The lowest BCUT2D eigenvalue weighted by Crippen LogP contribution is -2.28. The van der Waals surface area contributed by atoms with Crippen molar-refractivity contribution in [1.82, 2.24) is 4.98 Å². The molecule has 0 aromatic carbocycles. The standard InChI is InChI=1S/C11H12F3NO6S/c1-6(2)20-10(17)4-7-3-8(5-9(16)15-7)21-22(18,19)11(12,13)14/h3,5-6H,4H2,1-2H3,(H,15,16). The molecule has 1 N–H and O–H groups in total. The van der Waals surface area contributed by atoms with Gasteiger partial charge >= 0.3 is 21.6 Å². The molecule has 0 saturated heterocycles.